The van der Waals surface area contributed by atoms with Crippen LogP contribution in [0.2, 0.25) is 0 Å². The summed E-state index contributed by atoms with van der Waals surface area (Å²) >= 11 is 0. The number of fused-ring (bicyclic) bond motifs is 2. The first-order valence-electron chi connectivity index (χ1n) is 20.5. The minimum absolute atomic E-state index is 0.170. The normalized spacial score (nSPS) is 15.2. The third kappa shape index (κ3) is 15.0. The zero-order chi connectivity index (χ0) is 52.7. The summed E-state index contributed by atoms with van der Waals surface area (Å²) in [6.45, 7) is -0.756. The minimum Gasteiger partial charge on any atom is -0.396 e. The molecule has 0 heterocycles. The van der Waals surface area contributed by atoms with E-state index in [1.54, 1.807) is 24.3 Å². The summed E-state index contributed by atoms with van der Waals surface area (Å²) in [6.07, 6.45) is -8.57. The number of hydrazone groups is 1. The molecule has 3 aromatic carbocycles. The van der Waals surface area contributed by atoms with Crippen molar-refractivity contribution in [2.45, 2.75) is 36.9 Å². The Balaban J connectivity index is 1.63. The van der Waals surface area contributed by atoms with Crippen molar-refractivity contribution < 1.29 is 38.7 Å². The number of hydrogen-bond donors (Lipinski definition) is 20. The molecule has 0 aliphatic heterocycles. The van der Waals surface area contributed by atoms with Crippen LogP contribution in [-0.2, 0) is 33.6 Å². The van der Waals surface area contributed by atoms with E-state index in [0.717, 1.165) is 10.8 Å². The Bertz CT molecular complexity index is 2800. The van der Waals surface area contributed by atoms with Crippen molar-refractivity contribution in [2.75, 3.05) is 6.61 Å². The third-order valence-corrected chi connectivity index (χ3v) is 9.68. The van der Waals surface area contributed by atoms with Gasteiger partial charge in [0, 0.05) is 16.8 Å². The maximum Gasteiger partial charge on any atom is 0.267 e. The van der Waals surface area contributed by atoms with Crippen molar-refractivity contribution in [2.24, 2.45) is 106 Å². The van der Waals surface area contributed by atoms with Gasteiger partial charge in [0.15, 0.2) is 30.0 Å². The number of aliphatic imine (C=N–C) groups is 4. The fraction of sp³-hybridized carbons (Fsp3) is 0.231. The molecule has 378 valence electrons. The molecular weight excluding hydrogens is 933 g/mol. The van der Waals surface area contributed by atoms with Crippen LogP contribution in [0.1, 0.15) is 11.6 Å². The number of carbonyl (C=O) groups is 7. The minimum atomic E-state index is -2.20. The lowest BCUT2D eigenvalue weighted by atomic mass is 9.90. The van der Waals surface area contributed by atoms with Crippen molar-refractivity contribution in [3.8, 4) is 0 Å². The van der Waals surface area contributed by atoms with E-state index in [0.29, 0.717) is 16.1 Å². The van der Waals surface area contributed by atoms with Crippen LogP contribution in [0.15, 0.2) is 91.8 Å². The summed E-state index contributed by atoms with van der Waals surface area (Å²) in [6, 6.07) is 17.2. The van der Waals surface area contributed by atoms with Gasteiger partial charge in [-0.1, -0.05) is 60.7 Å². The Kier molecular flexibility index (Phi) is 18.3. The molecule has 0 saturated carbocycles. The van der Waals surface area contributed by atoms with E-state index in [4.69, 9.17) is 68.8 Å². The number of aliphatic hydroxyl groups excluding tert-OH is 1. The summed E-state index contributed by atoms with van der Waals surface area (Å²) in [5.74, 6) is -14.3. The van der Waals surface area contributed by atoms with Crippen LogP contribution in [0.5, 0.6) is 0 Å². The Labute approximate surface area is 400 Å². The van der Waals surface area contributed by atoms with Crippen LogP contribution in [0, 0.1) is 11.8 Å². The molecule has 32 N–H and O–H groups in total. The molecule has 0 fully saturated rings. The van der Waals surface area contributed by atoms with Crippen molar-refractivity contribution in [3.05, 3.63) is 82.7 Å². The van der Waals surface area contributed by atoms with E-state index in [1.165, 1.54) is 12.1 Å². The smallest absolute Gasteiger partial charge is 0.267 e. The molecule has 0 radical (unpaired) electrons. The number of hydrogen-bond acceptors (Lipinski definition) is 15. The van der Waals surface area contributed by atoms with Crippen LogP contribution >= 0.6 is 0 Å². The molecule has 0 bridgehead atoms. The molecule has 1 aliphatic rings. The predicted molar refractivity (Wildman–Crippen MR) is 258 cm³/mol. The second-order valence-corrected chi connectivity index (χ2v) is 14.9. The molecule has 7 amide bonds. The number of nitrogens with one attached hydrogen (secondary N) is 7. The van der Waals surface area contributed by atoms with Gasteiger partial charge in [-0.2, -0.15) is 0 Å². The number of amides is 7. The van der Waals surface area contributed by atoms with Gasteiger partial charge in [-0.3, -0.25) is 39.0 Å². The second-order valence-electron chi connectivity index (χ2n) is 14.9. The summed E-state index contributed by atoms with van der Waals surface area (Å²) in [5, 5.41) is 30.7. The summed E-state index contributed by atoms with van der Waals surface area (Å²) in [4.78, 5) is 108. The number of carbonyl (C=O) groups excluding carboxylic acids is 7. The van der Waals surface area contributed by atoms with Crippen molar-refractivity contribution in [1.82, 2.24) is 37.3 Å². The highest BCUT2D eigenvalue weighted by molar-refractivity contribution is 5.99. The van der Waals surface area contributed by atoms with Crippen molar-refractivity contribution >= 4 is 93.7 Å². The third-order valence-electron chi connectivity index (χ3n) is 9.68. The van der Waals surface area contributed by atoms with Crippen molar-refractivity contribution in [3.63, 3.8) is 0 Å². The Morgan fingerprint density at radius 3 is 1.37 bits per heavy atom. The summed E-state index contributed by atoms with van der Waals surface area (Å²) in [7, 11) is 0. The quantitative estimate of drug-likeness (QED) is 0.0192. The van der Waals surface area contributed by atoms with E-state index in [1.807, 2.05) is 52.3 Å². The van der Waals surface area contributed by atoms with Crippen molar-refractivity contribution in [1.29, 1.82) is 0 Å². The summed E-state index contributed by atoms with van der Waals surface area (Å²) < 4.78 is 0. The van der Waals surface area contributed by atoms with Gasteiger partial charge in [-0.25, -0.2) is 20.0 Å². The number of benzene rings is 3. The first-order chi connectivity index (χ1) is 33.5. The molecule has 0 saturated heterocycles. The highest BCUT2D eigenvalue weighted by atomic mass is 16.3. The lowest BCUT2D eigenvalue weighted by molar-refractivity contribution is -0.135. The molecule has 0 aromatic heterocycles. The Morgan fingerprint density at radius 2 is 0.944 bits per heavy atom. The van der Waals surface area contributed by atoms with Gasteiger partial charge in [-0.15, -0.1) is 5.10 Å². The van der Waals surface area contributed by atoms with Crippen LogP contribution in [0.25, 0.3) is 22.5 Å². The van der Waals surface area contributed by atoms with E-state index < -0.39 is 121 Å². The maximum absolute atomic E-state index is 14.3. The molecule has 8 atom stereocenters. The average Bonchev–Trinajstić information content (AvgIpc) is 3.64. The van der Waals surface area contributed by atoms with Gasteiger partial charge in [0.05, 0.1) is 12.5 Å². The fourth-order valence-electron chi connectivity index (χ4n) is 6.60. The van der Waals surface area contributed by atoms with Gasteiger partial charge in [0.2, 0.25) is 42.4 Å². The maximum atomic E-state index is 14.3. The lowest BCUT2D eigenvalue weighted by Crippen LogP contribution is -2.60. The Hall–Kier alpha value is -9.98. The largest absolute Gasteiger partial charge is 0.396 e. The van der Waals surface area contributed by atoms with Gasteiger partial charge in [0.25, 0.3) is 29.5 Å². The monoisotopic (exact) mass is 986 g/mol. The van der Waals surface area contributed by atoms with E-state index in [-0.39, 0.29) is 11.5 Å². The number of nitrogens with two attached hydrogens (primary N) is 12. The topological polar surface area (TPSA) is 598 Å². The molecular formula is C39H54N24O8. The standard InChI is InChI=1S/C39H54N24O8/c40-23(24(41)65)53-31(68)25(58-35(42)43)55-33(70)27(60-37(46)47)57-34(71)28(61-38(48)49)56-32(69)26(59-36(44)45)54-30(67)21(14-6-2-1-3-7-14)52-29(66)20(13-64)19-12-17-10-15-8-4-5-9-16(15)11-18(17)22(19)62-63-39(50)51/h1-12,19-21,23,25-28,62,64H,13,40H2,(H2,41,65)(H,52,66)(H,53,68)(H,54,67)(H,55,70)(H,56,69)(H,57,71)(H4,42,43,58)(H4,44,45,59)(H4,46,47,60)(H4,48,49,61)(H4,50,51,63). The highest BCUT2D eigenvalue weighted by Crippen LogP contribution is 2.26. The molecule has 71 heavy (non-hydrogen) atoms. The van der Waals surface area contributed by atoms with Crippen LogP contribution in [0.4, 0.5) is 0 Å². The molecule has 0 spiro atoms. The molecule has 4 rings (SSSR count). The van der Waals surface area contributed by atoms with E-state index in [2.05, 4.69) is 46.4 Å². The van der Waals surface area contributed by atoms with Crippen LogP contribution < -0.4 is 117 Å². The molecule has 1 aliphatic carbocycles. The predicted octanol–water partition coefficient (Wildman–Crippen LogP) is -11.6. The number of rotatable bonds is 22. The second kappa shape index (κ2) is 24.2. The zero-order valence-electron chi connectivity index (χ0n) is 37.2. The SMILES string of the molecule is NC(=O)C(N)NC(=O)C(N=C(N)N)NC(=O)C(N=C(N)N)NC(=O)C(N=C(N)N)NC(=O)C(N=C(N)N)NC(=O)C(NC(=O)C(CO)C1C=c2cc3ccccc3cc2=C1NN=C(N)N)c1ccccc1. The average molecular weight is 987 g/mol. The van der Waals surface area contributed by atoms with Gasteiger partial charge in [-0.05, 0) is 33.7 Å². The number of primary amides is 1. The molecule has 32 heteroatoms. The van der Waals surface area contributed by atoms with Gasteiger partial charge >= 0.3 is 0 Å². The van der Waals surface area contributed by atoms with E-state index in [9.17, 15) is 38.7 Å². The first-order valence-corrected chi connectivity index (χ1v) is 20.5. The zero-order valence-corrected chi connectivity index (χ0v) is 37.2. The fourth-order valence-corrected chi connectivity index (χ4v) is 6.60. The molecule has 3 aromatic rings. The molecule has 8 unspecified atom stereocenters. The number of aliphatic hydroxyl groups is 1. The molecule has 32 nitrogen and oxygen atoms in total. The number of nitrogens with zero attached hydrogens (tertiary/aromatic N) is 5. The highest BCUT2D eigenvalue weighted by Gasteiger charge is 2.37. The summed E-state index contributed by atoms with van der Waals surface area (Å²) in [5.41, 5.74) is 69.1. The Morgan fingerprint density at radius 1 is 0.521 bits per heavy atom. The first kappa shape index (κ1) is 53.6. The van der Waals surface area contributed by atoms with Crippen LogP contribution in [0.3, 0.4) is 0 Å². The lowest BCUT2D eigenvalue weighted by Gasteiger charge is -2.27. The van der Waals surface area contributed by atoms with E-state index >= 15 is 0 Å². The van der Waals surface area contributed by atoms with Gasteiger partial charge < -0.3 is 106 Å². The van der Waals surface area contributed by atoms with Gasteiger partial charge in [0.1, 0.15) is 6.04 Å². The number of guanidine groups is 5. The van der Waals surface area contributed by atoms with Crippen LogP contribution in [-0.4, -0.2) is 114 Å².